The van der Waals surface area contributed by atoms with Gasteiger partial charge in [-0.15, -0.1) is 0 Å². The van der Waals surface area contributed by atoms with Crippen molar-refractivity contribution in [3.63, 3.8) is 0 Å². The second-order valence-electron chi connectivity index (χ2n) is 4.91. The molecule has 0 bridgehead atoms. The highest BCUT2D eigenvalue weighted by Gasteiger charge is 2.08. The van der Waals surface area contributed by atoms with Crippen LogP contribution in [0.2, 0.25) is 0 Å². The molecular weight excluding hydrogens is 281 g/mol. The summed E-state index contributed by atoms with van der Waals surface area (Å²) in [7, 11) is -2.98. The highest BCUT2D eigenvalue weighted by molar-refractivity contribution is 7.91. The molecule has 0 aliphatic rings. The Morgan fingerprint density at radius 3 is 2.65 bits per heavy atom. The topological polar surface area (TPSA) is 69.4 Å². The predicted octanol–water partition coefficient (Wildman–Crippen LogP) is 1.92. The average Bonchev–Trinajstić information content (AvgIpc) is 2.33. The number of halogens is 1. The Bertz CT molecular complexity index is 529. The van der Waals surface area contributed by atoms with Crippen molar-refractivity contribution in [1.82, 2.24) is 0 Å². The summed E-state index contributed by atoms with van der Waals surface area (Å²) in [6, 6.07) is 4.40. The predicted molar refractivity (Wildman–Crippen MR) is 78.2 cm³/mol. The van der Waals surface area contributed by atoms with Gasteiger partial charge in [0.1, 0.15) is 21.4 Å². The van der Waals surface area contributed by atoms with Crippen molar-refractivity contribution >= 4 is 9.84 Å². The van der Waals surface area contributed by atoms with Crippen LogP contribution in [0.4, 0.5) is 4.39 Å². The van der Waals surface area contributed by atoms with Crippen LogP contribution in [0.1, 0.15) is 25.8 Å². The minimum absolute atomic E-state index is 0.0562. The zero-order valence-electron chi connectivity index (χ0n) is 11.9. The van der Waals surface area contributed by atoms with E-state index in [9.17, 15) is 12.8 Å². The molecule has 1 atom stereocenters. The number of benzene rings is 1. The van der Waals surface area contributed by atoms with Gasteiger partial charge in [0.25, 0.3) is 0 Å². The normalized spacial score (nSPS) is 13.2. The molecule has 1 unspecified atom stereocenters. The maximum absolute atomic E-state index is 13.4. The van der Waals surface area contributed by atoms with Gasteiger partial charge in [-0.3, -0.25) is 0 Å². The highest BCUT2D eigenvalue weighted by atomic mass is 32.2. The van der Waals surface area contributed by atoms with Crippen molar-refractivity contribution in [1.29, 1.82) is 0 Å². The van der Waals surface area contributed by atoms with E-state index in [1.165, 1.54) is 12.1 Å². The quantitative estimate of drug-likeness (QED) is 0.745. The highest BCUT2D eigenvalue weighted by Crippen LogP contribution is 2.17. The molecule has 1 rings (SSSR count). The Kier molecular flexibility index (Phi) is 6.42. The zero-order chi connectivity index (χ0) is 15.2. The van der Waals surface area contributed by atoms with E-state index < -0.39 is 9.84 Å². The second-order valence-corrected chi connectivity index (χ2v) is 7.39. The molecule has 0 aliphatic heterocycles. The van der Waals surface area contributed by atoms with E-state index in [1.54, 1.807) is 13.0 Å². The molecule has 1 aromatic rings. The molecule has 0 heterocycles. The lowest BCUT2D eigenvalue weighted by molar-refractivity contribution is 0.315. The second kappa shape index (κ2) is 7.59. The molecule has 0 radical (unpaired) electrons. The van der Waals surface area contributed by atoms with Crippen LogP contribution < -0.4 is 10.5 Å². The minimum atomic E-state index is -2.98. The lowest BCUT2D eigenvalue weighted by Crippen LogP contribution is -2.18. The van der Waals surface area contributed by atoms with Crippen molar-refractivity contribution in [2.75, 3.05) is 18.1 Å². The molecule has 0 saturated heterocycles. The summed E-state index contributed by atoms with van der Waals surface area (Å²) in [4.78, 5) is 0. The summed E-state index contributed by atoms with van der Waals surface area (Å²) < 4.78 is 41.4. The van der Waals surface area contributed by atoms with E-state index in [4.69, 9.17) is 10.5 Å². The summed E-state index contributed by atoms with van der Waals surface area (Å²) in [5, 5.41) is 0. The van der Waals surface area contributed by atoms with Crippen LogP contribution >= 0.6 is 0 Å². The lowest BCUT2D eigenvalue weighted by Gasteiger charge is -2.10. The van der Waals surface area contributed by atoms with E-state index in [-0.39, 0.29) is 30.0 Å². The molecule has 0 amide bonds. The number of ether oxygens (including phenoxy) is 1. The van der Waals surface area contributed by atoms with E-state index in [2.05, 4.69) is 0 Å². The third kappa shape index (κ3) is 6.34. The molecule has 0 aromatic heterocycles. The van der Waals surface area contributed by atoms with Gasteiger partial charge in [-0.05, 0) is 37.5 Å². The molecule has 0 spiro atoms. The van der Waals surface area contributed by atoms with Crippen LogP contribution in [0.5, 0.6) is 5.75 Å². The first-order valence-electron chi connectivity index (χ1n) is 6.70. The Hall–Kier alpha value is -1.14. The van der Waals surface area contributed by atoms with Crippen molar-refractivity contribution in [2.45, 2.75) is 32.7 Å². The Morgan fingerprint density at radius 2 is 2.05 bits per heavy atom. The van der Waals surface area contributed by atoms with E-state index >= 15 is 0 Å². The summed E-state index contributed by atoms with van der Waals surface area (Å²) in [6.07, 6.45) is 0.966. The number of nitrogens with two attached hydrogens (primary N) is 1. The van der Waals surface area contributed by atoms with Gasteiger partial charge in [-0.1, -0.05) is 6.92 Å². The first-order valence-corrected chi connectivity index (χ1v) is 8.53. The summed E-state index contributed by atoms with van der Waals surface area (Å²) in [5.41, 5.74) is 6.45. The Labute approximate surface area is 120 Å². The van der Waals surface area contributed by atoms with E-state index in [0.29, 0.717) is 18.6 Å². The minimum Gasteiger partial charge on any atom is -0.493 e. The number of hydrogen-bond donors (Lipinski definition) is 1. The van der Waals surface area contributed by atoms with Crippen LogP contribution in [-0.2, 0) is 16.3 Å². The molecule has 4 nitrogen and oxygen atoms in total. The first-order chi connectivity index (χ1) is 9.32. The van der Waals surface area contributed by atoms with Crippen molar-refractivity contribution in [3.05, 3.63) is 29.6 Å². The van der Waals surface area contributed by atoms with Crippen molar-refractivity contribution < 1.29 is 17.5 Å². The fourth-order valence-electron chi connectivity index (χ4n) is 1.81. The zero-order valence-corrected chi connectivity index (χ0v) is 12.7. The smallest absolute Gasteiger partial charge is 0.150 e. The molecule has 0 aliphatic carbocycles. The molecule has 0 fully saturated rings. The molecule has 20 heavy (non-hydrogen) atoms. The molecule has 6 heteroatoms. The van der Waals surface area contributed by atoms with Crippen LogP contribution in [-0.4, -0.2) is 32.6 Å². The van der Waals surface area contributed by atoms with Crippen LogP contribution in [0, 0.1) is 5.82 Å². The maximum Gasteiger partial charge on any atom is 0.150 e. The maximum atomic E-state index is 13.4. The first kappa shape index (κ1) is 16.9. The van der Waals surface area contributed by atoms with Crippen molar-refractivity contribution in [3.8, 4) is 5.75 Å². The summed E-state index contributed by atoms with van der Waals surface area (Å²) >= 11 is 0. The molecule has 1 aromatic carbocycles. The molecular formula is C14H22FNO3S. The Morgan fingerprint density at radius 1 is 1.35 bits per heavy atom. The standard InChI is InChI=1S/C14H22FNO3S/c1-3-20(17,18)6-4-5-19-14-9-12(7-11(2)16)8-13(15)10-14/h8-11H,3-7,16H2,1-2H3. The molecule has 0 saturated carbocycles. The average molecular weight is 303 g/mol. The SMILES string of the molecule is CCS(=O)(=O)CCCOc1cc(F)cc(CC(C)N)c1. The van der Waals surface area contributed by atoms with E-state index in [0.717, 1.165) is 5.56 Å². The largest absolute Gasteiger partial charge is 0.493 e. The van der Waals surface area contributed by atoms with Crippen molar-refractivity contribution in [2.24, 2.45) is 5.73 Å². The van der Waals surface area contributed by atoms with Gasteiger partial charge in [0, 0.05) is 17.9 Å². The Balaban J connectivity index is 2.53. The molecule has 114 valence electrons. The van der Waals surface area contributed by atoms with E-state index in [1.807, 2.05) is 6.92 Å². The fraction of sp³-hybridized carbons (Fsp3) is 0.571. The van der Waals surface area contributed by atoms with Gasteiger partial charge < -0.3 is 10.5 Å². The van der Waals surface area contributed by atoms with Gasteiger partial charge in [0.2, 0.25) is 0 Å². The monoisotopic (exact) mass is 303 g/mol. The van der Waals surface area contributed by atoms with Gasteiger partial charge in [-0.25, -0.2) is 12.8 Å². The summed E-state index contributed by atoms with van der Waals surface area (Å²) in [5.74, 6) is 0.255. The van der Waals surface area contributed by atoms with Crippen LogP contribution in [0.25, 0.3) is 0 Å². The fourth-order valence-corrected chi connectivity index (χ4v) is 2.65. The molecule has 2 N–H and O–H groups in total. The van der Waals surface area contributed by atoms with Gasteiger partial charge in [0.15, 0.2) is 0 Å². The number of hydrogen-bond acceptors (Lipinski definition) is 4. The third-order valence-corrected chi connectivity index (χ3v) is 4.59. The van der Waals surface area contributed by atoms with Gasteiger partial charge >= 0.3 is 0 Å². The van der Waals surface area contributed by atoms with Gasteiger partial charge in [0.05, 0.1) is 12.4 Å². The van der Waals surface area contributed by atoms with Crippen LogP contribution in [0.3, 0.4) is 0 Å². The van der Waals surface area contributed by atoms with Gasteiger partial charge in [-0.2, -0.15) is 0 Å². The number of sulfone groups is 1. The third-order valence-electron chi connectivity index (χ3n) is 2.80. The summed E-state index contributed by atoms with van der Waals surface area (Å²) in [6.45, 7) is 3.71. The number of rotatable bonds is 8. The lowest BCUT2D eigenvalue weighted by atomic mass is 10.1. The van der Waals surface area contributed by atoms with Crippen LogP contribution in [0.15, 0.2) is 18.2 Å².